The smallest absolute Gasteiger partial charge is 0.119 e. The van der Waals surface area contributed by atoms with Gasteiger partial charge in [-0.05, 0) is 65.0 Å². The van der Waals surface area contributed by atoms with Gasteiger partial charge in [-0.2, -0.15) is 0 Å². The molecular weight excluding hydrogens is 280 g/mol. The second-order valence-corrected chi connectivity index (χ2v) is 7.44. The molecular formula is C22H28O. The Balaban J connectivity index is 2.13. The van der Waals surface area contributed by atoms with Crippen molar-refractivity contribution in [1.82, 2.24) is 0 Å². The lowest BCUT2D eigenvalue weighted by atomic mass is 9.75. The van der Waals surface area contributed by atoms with E-state index in [-0.39, 0.29) is 0 Å². The summed E-state index contributed by atoms with van der Waals surface area (Å²) in [5, 5.41) is 0. The van der Waals surface area contributed by atoms with Gasteiger partial charge in [0.2, 0.25) is 0 Å². The van der Waals surface area contributed by atoms with Crippen molar-refractivity contribution in [2.45, 2.75) is 52.4 Å². The first-order valence-corrected chi connectivity index (χ1v) is 8.82. The van der Waals surface area contributed by atoms with Gasteiger partial charge in [-0.25, -0.2) is 0 Å². The van der Waals surface area contributed by atoms with Crippen molar-refractivity contribution in [1.29, 1.82) is 0 Å². The zero-order valence-corrected chi connectivity index (χ0v) is 14.9. The average molecular weight is 308 g/mol. The van der Waals surface area contributed by atoms with Gasteiger partial charge in [0.05, 0.1) is 7.11 Å². The Morgan fingerprint density at radius 1 is 1.13 bits per heavy atom. The maximum atomic E-state index is 5.43. The van der Waals surface area contributed by atoms with E-state index >= 15 is 0 Å². The van der Waals surface area contributed by atoms with Crippen LogP contribution in [0.25, 0.3) is 11.1 Å². The molecule has 0 amide bonds. The zero-order chi connectivity index (χ0) is 16.4. The van der Waals surface area contributed by atoms with Crippen molar-refractivity contribution < 1.29 is 4.74 Å². The molecule has 0 aliphatic heterocycles. The zero-order valence-electron chi connectivity index (χ0n) is 14.9. The van der Waals surface area contributed by atoms with Crippen LogP contribution in [-0.4, -0.2) is 7.11 Å². The molecule has 23 heavy (non-hydrogen) atoms. The van der Waals surface area contributed by atoms with Crippen LogP contribution in [0.1, 0.15) is 57.1 Å². The standard InChI is InChI=1S/C22H28O/c1-5-16-11-12-19(17-8-6-9-18(15-17)23-4)20(14-16)21-10-7-13-22(21,2)3/h6,8-9,11-12,14-15,21H,5,7,10,13H2,1-4H3/t21-/m1/s1. The fourth-order valence-corrected chi connectivity index (χ4v) is 4.08. The number of methoxy groups -OCH3 is 1. The Labute approximate surface area is 140 Å². The van der Waals surface area contributed by atoms with Crippen LogP contribution in [0, 0.1) is 5.41 Å². The highest BCUT2D eigenvalue weighted by Crippen LogP contribution is 2.51. The number of benzene rings is 2. The van der Waals surface area contributed by atoms with E-state index < -0.39 is 0 Å². The maximum Gasteiger partial charge on any atom is 0.119 e. The van der Waals surface area contributed by atoms with E-state index in [0.29, 0.717) is 11.3 Å². The van der Waals surface area contributed by atoms with Crippen LogP contribution in [0.2, 0.25) is 0 Å². The molecule has 122 valence electrons. The summed E-state index contributed by atoms with van der Waals surface area (Å²) in [6, 6.07) is 15.5. The van der Waals surface area contributed by atoms with E-state index in [9.17, 15) is 0 Å². The second kappa shape index (κ2) is 6.39. The van der Waals surface area contributed by atoms with E-state index in [2.05, 4.69) is 57.2 Å². The minimum absolute atomic E-state index is 0.389. The molecule has 0 saturated heterocycles. The van der Waals surface area contributed by atoms with E-state index in [1.54, 1.807) is 7.11 Å². The van der Waals surface area contributed by atoms with E-state index in [0.717, 1.165) is 12.2 Å². The normalized spacial score (nSPS) is 19.7. The predicted octanol–water partition coefficient (Wildman–Crippen LogP) is 6.22. The van der Waals surface area contributed by atoms with Crippen LogP contribution < -0.4 is 4.74 Å². The summed E-state index contributed by atoms with van der Waals surface area (Å²) < 4.78 is 5.43. The van der Waals surface area contributed by atoms with Crippen LogP contribution in [0.15, 0.2) is 42.5 Å². The van der Waals surface area contributed by atoms with E-state index in [4.69, 9.17) is 4.74 Å². The highest BCUT2D eigenvalue weighted by atomic mass is 16.5. The molecule has 1 atom stereocenters. The quantitative estimate of drug-likeness (QED) is 0.651. The third-order valence-corrected chi connectivity index (χ3v) is 5.54. The number of rotatable bonds is 4. The van der Waals surface area contributed by atoms with Crippen molar-refractivity contribution in [3.8, 4) is 16.9 Å². The van der Waals surface area contributed by atoms with Gasteiger partial charge in [-0.15, -0.1) is 0 Å². The summed E-state index contributed by atoms with van der Waals surface area (Å²) in [5.41, 5.74) is 6.00. The fourth-order valence-electron chi connectivity index (χ4n) is 4.08. The molecule has 2 aromatic carbocycles. The highest BCUT2D eigenvalue weighted by molar-refractivity contribution is 5.70. The largest absolute Gasteiger partial charge is 0.497 e. The molecule has 0 bridgehead atoms. The van der Waals surface area contributed by atoms with Gasteiger partial charge in [0.25, 0.3) is 0 Å². The average Bonchev–Trinajstić information content (AvgIpc) is 2.93. The Kier molecular flexibility index (Phi) is 4.48. The summed E-state index contributed by atoms with van der Waals surface area (Å²) in [6.45, 7) is 7.10. The lowest BCUT2D eigenvalue weighted by Gasteiger charge is -2.30. The molecule has 0 N–H and O–H groups in total. The predicted molar refractivity (Wildman–Crippen MR) is 98.2 cm³/mol. The number of aryl methyl sites for hydroxylation is 1. The highest BCUT2D eigenvalue weighted by Gasteiger charge is 2.36. The summed E-state index contributed by atoms with van der Waals surface area (Å²) in [6.07, 6.45) is 5.06. The minimum atomic E-state index is 0.389. The van der Waals surface area contributed by atoms with Gasteiger partial charge in [0.1, 0.15) is 5.75 Å². The van der Waals surface area contributed by atoms with Gasteiger partial charge in [-0.3, -0.25) is 0 Å². The summed E-state index contributed by atoms with van der Waals surface area (Å²) in [7, 11) is 1.74. The molecule has 1 aliphatic carbocycles. The van der Waals surface area contributed by atoms with E-state index in [1.807, 2.05) is 6.07 Å². The summed E-state index contributed by atoms with van der Waals surface area (Å²) in [5.74, 6) is 1.58. The van der Waals surface area contributed by atoms with Crippen molar-refractivity contribution >= 4 is 0 Å². The van der Waals surface area contributed by atoms with Crippen molar-refractivity contribution in [3.05, 3.63) is 53.6 Å². The molecule has 1 fully saturated rings. The summed E-state index contributed by atoms with van der Waals surface area (Å²) in [4.78, 5) is 0. The fraction of sp³-hybridized carbons (Fsp3) is 0.455. The Morgan fingerprint density at radius 3 is 2.61 bits per heavy atom. The second-order valence-electron chi connectivity index (χ2n) is 7.44. The Hall–Kier alpha value is -1.76. The topological polar surface area (TPSA) is 9.23 Å². The molecule has 0 radical (unpaired) electrons. The maximum absolute atomic E-state index is 5.43. The SMILES string of the molecule is CCc1ccc(-c2cccc(OC)c2)c([C@H]2CCCC2(C)C)c1. The van der Waals surface area contributed by atoms with Crippen LogP contribution >= 0.6 is 0 Å². The lowest BCUT2D eigenvalue weighted by Crippen LogP contribution is -2.16. The molecule has 1 nitrogen and oxygen atoms in total. The van der Waals surface area contributed by atoms with Crippen LogP contribution in [0.5, 0.6) is 5.75 Å². The van der Waals surface area contributed by atoms with Crippen LogP contribution in [0.3, 0.4) is 0 Å². The molecule has 0 aromatic heterocycles. The molecule has 0 heterocycles. The first kappa shape index (κ1) is 16.1. The minimum Gasteiger partial charge on any atom is -0.497 e. The summed E-state index contributed by atoms with van der Waals surface area (Å²) >= 11 is 0. The number of ether oxygens (including phenoxy) is 1. The van der Waals surface area contributed by atoms with Gasteiger partial charge < -0.3 is 4.74 Å². The van der Waals surface area contributed by atoms with Crippen LogP contribution in [0.4, 0.5) is 0 Å². The first-order valence-electron chi connectivity index (χ1n) is 8.82. The molecule has 1 heteroatoms. The third kappa shape index (κ3) is 3.15. The van der Waals surface area contributed by atoms with Crippen molar-refractivity contribution in [2.75, 3.05) is 7.11 Å². The van der Waals surface area contributed by atoms with Gasteiger partial charge in [0, 0.05) is 0 Å². The third-order valence-electron chi connectivity index (χ3n) is 5.54. The molecule has 1 aliphatic rings. The Bertz CT molecular complexity index is 684. The molecule has 0 unspecified atom stereocenters. The van der Waals surface area contributed by atoms with Gasteiger partial charge in [0.15, 0.2) is 0 Å². The van der Waals surface area contributed by atoms with Crippen molar-refractivity contribution in [2.24, 2.45) is 5.41 Å². The monoisotopic (exact) mass is 308 g/mol. The first-order chi connectivity index (χ1) is 11.0. The molecule has 1 saturated carbocycles. The van der Waals surface area contributed by atoms with Gasteiger partial charge in [-0.1, -0.05) is 57.5 Å². The number of hydrogen-bond acceptors (Lipinski definition) is 1. The lowest BCUT2D eigenvalue weighted by molar-refractivity contribution is 0.333. The molecule has 3 rings (SSSR count). The number of hydrogen-bond donors (Lipinski definition) is 0. The molecule has 2 aromatic rings. The van der Waals surface area contributed by atoms with E-state index in [1.165, 1.54) is 41.5 Å². The molecule has 0 spiro atoms. The van der Waals surface area contributed by atoms with Crippen LogP contribution in [-0.2, 0) is 6.42 Å². The van der Waals surface area contributed by atoms with Crippen molar-refractivity contribution in [3.63, 3.8) is 0 Å². The Morgan fingerprint density at radius 2 is 1.96 bits per heavy atom. The van der Waals surface area contributed by atoms with Gasteiger partial charge >= 0.3 is 0 Å².